The van der Waals surface area contributed by atoms with Gasteiger partial charge < -0.3 is 9.13 Å². The molecule has 4 heterocycles. The first-order valence-electron chi connectivity index (χ1n) is 13.1. The van der Waals surface area contributed by atoms with Gasteiger partial charge in [-0.25, -0.2) is 0 Å². The number of rotatable bonds is 2. The Bertz CT molecular complexity index is 2390. The molecule has 39 heavy (non-hydrogen) atoms. The maximum atomic E-state index is 4.53. The molecule has 5 aromatic carbocycles. The molecule has 182 valence electrons. The van der Waals surface area contributed by atoms with Crippen LogP contribution in [0, 0.1) is 0 Å². The van der Waals surface area contributed by atoms with E-state index in [9.17, 15) is 0 Å². The van der Waals surface area contributed by atoms with Gasteiger partial charge in [0.25, 0.3) is 0 Å². The van der Waals surface area contributed by atoms with Crippen LogP contribution in [0.2, 0.25) is 0 Å². The molecule has 9 aromatic rings. The Labute approximate surface area is 227 Å². The zero-order chi connectivity index (χ0) is 25.5. The van der Waals surface area contributed by atoms with Crippen molar-refractivity contribution in [3.05, 3.63) is 128 Å². The van der Waals surface area contributed by atoms with E-state index in [2.05, 4.69) is 129 Å². The van der Waals surface area contributed by atoms with Crippen LogP contribution >= 0.6 is 11.3 Å². The quantitative estimate of drug-likeness (QED) is 0.225. The van der Waals surface area contributed by atoms with Crippen LogP contribution in [-0.2, 0) is 0 Å². The minimum atomic E-state index is 1.11. The van der Waals surface area contributed by atoms with E-state index < -0.39 is 0 Å². The molecule has 0 fully saturated rings. The summed E-state index contributed by atoms with van der Waals surface area (Å²) in [5.41, 5.74) is 7.11. The van der Waals surface area contributed by atoms with E-state index >= 15 is 0 Å². The summed E-state index contributed by atoms with van der Waals surface area (Å²) in [4.78, 5) is 4.53. The summed E-state index contributed by atoms with van der Waals surface area (Å²) in [6, 6.07) is 41.6. The van der Waals surface area contributed by atoms with Crippen molar-refractivity contribution >= 4 is 75.1 Å². The molecular weight excluding hydrogens is 494 g/mol. The zero-order valence-corrected chi connectivity index (χ0v) is 21.7. The van der Waals surface area contributed by atoms with Gasteiger partial charge in [-0.15, -0.1) is 11.3 Å². The maximum Gasteiger partial charge on any atom is 0.0725 e. The highest BCUT2D eigenvalue weighted by Crippen LogP contribution is 2.44. The number of nitrogens with zero attached hydrogens (tertiary/aromatic N) is 3. The van der Waals surface area contributed by atoms with E-state index in [1.165, 1.54) is 64.0 Å². The van der Waals surface area contributed by atoms with Gasteiger partial charge in [-0.3, -0.25) is 4.98 Å². The fourth-order valence-corrected chi connectivity index (χ4v) is 7.66. The zero-order valence-electron chi connectivity index (χ0n) is 20.9. The molecule has 0 unspecified atom stereocenters. The fourth-order valence-electron chi connectivity index (χ4n) is 6.42. The van der Waals surface area contributed by atoms with Gasteiger partial charge in [0, 0.05) is 48.9 Å². The molecule has 3 nitrogen and oxygen atoms in total. The van der Waals surface area contributed by atoms with Crippen LogP contribution in [0.4, 0.5) is 0 Å². The third-order valence-corrected chi connectivity index (χ3v) is 9.20. The molecule has 0 saturated carbocycles. The minimum absolute atomic E-state index is 1.11. The maximum absolute atomic E-state index is 4.53. The molecule has 0 aliphatic carbocycles. The molecule has 4 aromatic heterocycles. The standard InChI is InChI=1S/C35H21N3S/c1-2-9-22(10-3-1)37-29-14-8-15-30(33(29)27-19-20-36-21-31(27)37)38-28-13-6-4-11-23(28)25-17-18-26-24-12-5-7-16-32(24)39-35(26)34(25)38/h1-21H. The molecular formula is C35H21N3S. The third kappa shape index (κ3) is 2.78. The van der Waals surface area contributed by atoms with Crippen molar-refractivity contribution in [2.75, 3.05) is 0 Å². The highest BCUT2D eigenvalue weighted by Gasteiger charge is 2.21. The predicted molar refractivity (Wildman–Crippen MR) is 166 cm³/mol. The fraction of sp³-hybridized carbons (Fsp3) is 0. The minimum Gasteiger partial charge on any atom is -0.308 e. The summed E-state index contributed by atoms with van der Waals surface area (Å²) in [5.74, 6) is 0. The van der Waals surface area contributed by atoms with Crippen LogP contribution in [0.1, 0.15) is 0 Å². The highest BCUT2D eigenvalue weighted by atomic mass is 32.1. The summed E-state index contributed by atoms with van der Waals surface area (Å²) in [6.07, 6.45) is 3.89. The molecule has 4 heteroatoms. The Hall–Kier alpha value is -4.93. The first-order chi connectivity index (χ1) is 19.4. The Balaban J connectivity index is 1.52. The second-order valence-electron chi connectivity index (χ2n) is 10.0. The van der Waals surface area contributed by atoms with Crippen LogP contribution in [0.3, 0.4) is 0 Å². The van der Waals surface area contributed by atoms with Gasteiger partial charge in [0.15, 0.2) is 0 Å². The van der Waals surface area contributed by atoms with Crippen molar-refractivity contribution in [3.8, 4) is 11.4 Å². The molecule has 0 saturated heterocycles. The smallest absolute Gasteiger partial charge is 0.0725 e. The lowest BCUT2D eigenvalue weighted by Gasteiger charge is -2.12. The number of hydrogen-bond donors (Lipinski definition) is 0. The number of thiophene rings is 1. The van der Waals surface area contributed by atoms with Crippen molar-refractivity contribution in [2.45, 2.75) is 0 Å². The topological polar surface area (TPSA) is 22.8 Å². The molecule has 0 N–H and O–H groups in total. The Morgan fingerprint density at radius 3 is 2.21 bits per heavy atom. The number of para-hydroxylation sites is 2. The van der Waals surface area contributed by atoms with E-state index in [-0.39, 0.29) is 0 Å². The number of aromatic nitrogens is 3. The van der Waals surface area contributed by atoms with Crippen molar-refractivity contribution < 1.29 is 0 Å². The van der Waals surface area contributed by atoms with E-state index in [1.807, 2.05) is 23.7 Å². The monoisotopic (exact) mass is 515 g/mol. The van der Waals surface area contributed by atoms with E-state index in [0.29, 0.717) is 0 Å². The Kier molecular flexibility index (Phi) is 4.21. The SMILES string of the molecule is c1ccc(-n2c3cnccc3c3c(-n4c5ccccc5c5ccc6c7ccccc7sc6c54)cccc32)cc1. The molecule has 9 rings (SSSR count). The lowest BCUT2D eigenvalue weighted by molar-refractivity contribution is 1.16. The van der Waals surface area contributed by atoms with Crippen LogP contribution < -0.4 is 0 Å². The second kappa shape index (κ2) is 7.79. The van der Waals surface area contributed by atoms with Crippen LogP contribution in [-0.4, -0.2) is 14.1 Å². The van der Waals surface area contributed by atoms with Crippen LogP contribution in [0.15, 0.2) is 128 Å². The molecule has 0 radical (unpaired) electrons. The normalized spacial score (nSPS) is 12.1. The summed E-state index contributed by atoms with van der Waals surface area (Å²) >= 11 is 1.89. The predicted octanol–water partition coefficient (Wildman–Crippen LogP) is 9.64. The van der Waals surface area contributed by atoms with E-state index in [4.69, 9.17) is 0 Å². The van der Waals surface area contributed by atoms with Crippen molar-refractivity contribution in [3.63, 3.8) is 0 Å². The van der Waals surface area contributed by atoms with Gasteiger partial charge in [-0.1, -0.05) is 72.8 Å². The summed E-state index contributed by atoms with van der Waals surface area (Å²) < 4.78 is 7.49. The first kappa shape index (κ1) is 21.1. The van der Waals surface area contributed by atoms with Gasteiger partial charge in [-0.05, 0) is 42.5 Å². The molecule has 0 aliphatic heterocycles. The van der Waals surface area contributed by atoms with Crippen molar-refractivity contribution in [1.29, 1.82) is 0 Å². The van der Waals surface area contributed by atoms with Crippen molar-refractivity contribution in [2.24, 2.45) is 0 Å². The molecule has 0 aliphatic rings. The van der Waals surface area contributed by atoms with Gasteiger partial charge in [0.05, 0.1) is 38.7 Å². The lowest BCUT2D eigenvalue weighted by Crippen LogP contribution is -1.96. The number of fused-ring (bicyclic) bond motifs is 10. The van der Waals surface area contributed by atoms with Gasteiger partial charge in [-0.2, -0.15) is 0 Å². The first-order valence-corrected chi connectivity index (χ1v) is 14.0. The van der Waals surface area contributed by atoms with Gasteiger partial charge in [0.1, 0.15) is 0 Å². The Morgan fingerprint density at radius 2 is 1.28 bits per heavy atom. The molecule has 0 atom stereocenters. The Morgan fingerprint density at radius 1 is 0.513 bits per heavy atom. The number of pyridine rings is 1. The van der Waals surface area contributed by atoms with E-state index in [0.717, 1.165) is 11.2 Å². The molecule has 0 bridgehead atoms. The molecule has 0 amide bonds. The average molecular weight is 516 g/mol. The summed E-state index contributed by atoms with van der Waals surface area (Å²) in [7, 11) is 0. The third-order valence-electron chi connectivity index (χ3n) is 8.01. The summed E-state index contributed by atoms with van der Waals surface area (Å²) in [6.45, 7) is 0. The van der Waals surface area contributed by atoms with Crippen LogP contribution in [0.5, 0.6) is 0 Å². The number of hydrogen-bond acceptors (Lipinski definition) is 2. The molecule has 0 spiro atoms. The van der Waals surface area contributed by atoms with E-state index in [1.54, 1.807) is 0 Å². The largest absolute Gasteiger partial charge is 0.308 e. The average Bonchev–Trinajstić information content (AvgIpc) is 3.65. The second-order valence-corrected chi connectivity index (χ2v) is 11.1. The number of benzene rings is 5. The van der Waals surface area contributed by atoms with Crippen LogP contribution in [0.25, 0.3) is 75.2 Å². The van der Waals surface area contributed by atoms with Crippen molar-refractivity contribution in [1.82, 2.24) is 14.1 Å². The lowest BCUT2D eigenvalue weighted by atomic mass is 10.1. The van der Waals surface area contributed by atoms with Gasteiger partial charge in [0.2, 0.25) is 0 Å². The summed E-state index contributed by atoms with van der Waals surface area (Å²) in [5, 5.41) is 7.64. The highest BCUT2D eigenvalue weighted by molar-refractivity contribution is 7.26. The van der Waals surface area contributed by atoms with Gasteiger partial charge >= 0.3 is 0 Å².